The van der Waals surface area contributed by atoms with Crippen molar-refractivity contribution in [3.8, 4) is 0 Å². The van der Waals surface area contributed by atoms with Crippen LogP contribution in [0.2, 0.25) is 0 Å². The molecule has 0 unspecified atom stereocenters. The number of amides is 1. The molecule has 24 heavy (non-hydrogen) atoms. The molecular formula is C19H30N4O. The van der Waals surface area contributed by atoms with Crippen LogP contribution in [-0.2, 0) is 17.6 Å². The van der Waals surface area contributed by atoms with Crippen molar-refractivity contribution in [3.05, 3.63) is 35.4 Å². The number of nitrogens with zero attached hydrogens (tertiary/aromatic N) is 2. The highest BCUT2D eigenvalue weighted by Crippen LogP contribution is 2.15. The summed E-state index contributed by atoms with van der Waals surface area (Å²) in [5, 5.41) is 11.1. The summed E-state index contributed by atoms with van der Waals surface area (Å²) in [7, 11) is 0. The summed E-state index contributed by atoms with van der Waals surface area (Å²) in [6.45, 7) is 3.25. The molecule has 0 fully saturated rings. The summed E-state index contributed by atoms with van der Waals surface area (Å²) >= 11 is 0. The number of rotatable bonds is 11. The zero-order valence-electron chi connectivity index (χ0n) is 14.5. The third-order valence-corrected chi connectivity index (χ3v) is 4.51. The molecule has 0 aromatic heterocycles. The molecular weight excluding hydrogens is 300 g/mol. The number of unbranched alkanes of at least 4 members (excludes halogenated alkanes) is 2. The van der Waals surface area contributed by atoms with Gasteiger partial charge in [0.1, 0.15) is 0 Å². The molecule has 0 bridgehead atoms. The summed E-state index contributed by atoms with van der Waals surface area (Å²) in [6, 6.07) is 8.23. The fourth-order valence-corrected chi connectivity index (χ4v) is 3.04. The molecule has 0 radical (unpaired) electrons. The van der Waals surface area contributed by atoms with Gasteiger partial charge in [-0.25, -0.2) is 0 Å². The zero-order valence-corrected chi connectivity index (χ0v) is 14.5. The van der Waals surface area contributed by atoms with Gasteiger partial charge in [0.15, 0.2) is 0 Å². The Balaban J connectivity index is 1.64. The summed E-state index contributed by atoms with van der Waals surface area (Å²) in [5.74, 6) is 0.744. The van der Waals surface area contributed by atoms with E-state index in [0.717, 1.165) is 70.3 Å². The van der Waals surface area contributed by atoms with E-state index < -0.39 is 0 Å². The minimum Gasteiger partial charge on any atom is -0.356 e. The van der Waals surface area contributed by atoms with Crippen LogP contribution >= 0.6 is 0 Å². The number of hydrogen-bond acceptors (Lipinski definition) is 4. The molecule has 3 N–H and O–H groups in total. The molecule has 0 spiro atoms. The Kier molecular flexibility index (Phi) is 8.46. The number of nitrogens with one attached hydrogen (secondary N) is 1. The van der Waals surface area contributed by atoms with Crippen molar-refractivity contribution in [3.63, 3.8) is 0 Å². The number of hydrogen-bond donors (Lipinski definition) is 2. The Morgan fingerprint density at radius 1 is 1.08 bits per heavy atom. The van der Waals surface area contributed by atoms with Gasteiger partial charge in [-0.05, 0) is 49.8 Å². The lowest BCUT2D eigenvalue weighted by Gasteiger charge is -2.10. The van der Waals surface area contributed by atoms with Crippen LogP contribution in [0.5, 0.6) is 0 Å². The normalized spacial score (nSPS) is 14.2. The fourth-order valence-electron chi connectivity index (χ4n) is 3.04. The molecule has 5 nitrogen and oxygen atoms in total. The van der Waals surface area contributed by atoms with E-state index in [4.69, 9.17) is 5.73 Å². The van der Waals surface area contributed by atoms with Gasteiger partial charge in [0.25, 0.3) is 0 Å². The molecule has 0 saturated carbocycles. The lowest BCUT2D eigenvalue weighted by molar-refractivity contribution is -0.120. The van der Waals surface area contributed by atoms with E-state index in [-0.39, 0.29) is 5.91 Å². The molecule has 1 aliphatic rings. The van der Waals surface area contributed by atoms with Crippen molar-refractivity contribution < 1.29 is 4.79 Å². The lowest BCUT2D eigenvalue weighted by Crippen LogP contribution is -2.26. The SMILES string of the molecule is NCCCCc1ccccc1CC(=O)NCCCCC1CN=NC1. The number of aryl methyl sites for hydroxylation is 1. The van der Waals surface area contributed by atoms with Gasteiger partial charge in [0.05, 0.1) is 19.5 Å². The molecule has 1 aromatic rings. The number of nitrogens with two attached hydrogens (primary N) is 1. The molecule has 0 saturated heterocycles. The van der Waals surface area contributed by atoms with E-state index in [9.17, 15) is 4.79 Å². The van der Waals surface area contributed by atoms with Crippen molar-refractivity contribution in [1.82, 2.24) is 5.32 Å². The van der Waals surface area contributed by atoms with Gasteiger partial charge in [-0.3, -0.25) is 4.79 Å². The molecule has 1 aliphatic heterocycles. The monoisotopic (exact) mass is 330 g/mol. The maximum atomic E-state index is 12.2. The second kappa shape index (κ2) is 10.9. The highest BCUT2D eigenvalue weighted by molar-refractivity contribution is 5.78. The van der Waals surface area contributed by atoms with Crippen LogP contribution in [0.3, 0.4) is 0 Å². The Morgan fingerprint density at radius 3 is 2.58 bits per heavy atom. The second-order valence-electron chi connectivity index (χ2n) is 6.55. The minimum absolute atomic E-state index is 0.118. The largest absolute Gasteiger partial charge is 0.356 e. The zero-order chi connectivity index (χ0) is 17.0. The molecule has 1 aromatic carbocycles. The topological polar surface area (TPSA) is 79.8 Å². The predicted molar refractivity (Wildman–Crippen MR) is 97.1 cm³/mol. The minimum atomic E-state index is 0.118. The third-order valence-electron chi connectivity index (χ3n) is 4.51. The number of benzene rings is 1. The molecule has 0 atom stereocenters. The summed E-state index contributed by atoms with van der Waals surface area (Å²) in [6.07, 6.45) is 6.90. The lowest BCUT2D eigenvalue weighted by atomic mass is 9.99. The standard InChI is InChI=1S/C19H30N4O/c20-11-5-3-9-17-8-1-2-10-18(17)13-19(24)21-12-6-4-7-16-14-22-23-15-16/h1-2,8,10,16H,3-7,9,11-15,20H2,(H,21,24). The Bertz CT molecular complexity index is 522. The Labute approximate surface area is 145 Å². The maximum Gasteiger partial charge on any atom is 0.224 e. The Morgan fingerprint density at radius 2 is 1.83 bits per heavy atom. The van der Waals surface area contributed by atoms with Crippen molar-refractivity contribution in [1.29, 1.82) is 0 Å². The van der Waals surface area contributed by atoms with Crippen LogP contribution in [0, 0.1) is 5.92 Å². The van der Waals surface area contributed by atoms with Crippen molar-refractivity contribution in [2.75, 3.05) is 26.2 Å². The quantitative estimate of drug-likeness (QED) is 0.612. The van der Waals surface area contributed by atoms with E-state index in [1.54, 1.807) is 0 Å². The van der Waals surface area contributed by atoms with Crippen LogP contribution in [0.15, 0.2) is 34.5 Å². The van der Waals surface area contributed by atoms with Crippen LogP contribution in [0.4, 0.5) is 0 Å². The van der Waals surface area contributed by atoms with Gasteiger partial charge < -0.3 is 11.1 Å². The molecule has 0 aliphatic carbocycles. The smallest absolute Gasteiger partial charge is 0.224 e. The van der Waals surface area contributed by atoms with Crippen LogP contribution in [-0.4, -0.2) is 32.1 Å². The van der Waals surface area contributed by atoms with Gasteiger partial charge in [0, 0.05) is 12.5 Å². The first-order chi connectivity index (χ1) is 11.8. The van der Waals surface area contributed by atoms with Gasteiger partial charge in [-0.2, -0.15) is 10.2 Å². The van der Waals surface area contributed by atoms with Crippen LogP contribution < -0.4 is 11.1 Å². The van der Waals surface area contributed by atoms with E-state index in [0.29, 0.717) is 12.3 Å². The molecule has 132 valence electrons. The molecule has 2 rings (SSSR count). The van der Waals surface area contributed by atoms with Crippen molar-refractivity contribution in [2.45, 2.75) is 44.9 Å². The number of azo groups is 1. The number of carbonyl (C=O) groups excluding carboxylic acids is 1. The highest BCUT2D eigenvalue weighted by atomic mass is 16.1. The van der Waals surface area contributed by atoms with E-state index in [1.807, 2.05) is 12.1 Å². The molecule has 1 amide bonds. The second-order valence-corrected chi connectivity index (χ2v) is 6.55. The summed E-state index contributed by atoms with van der Waals surface area (Å²) in [4.78, 5) is 12.2. The van der Waals surface area contributed by atoms with Gasteiger partial charge >= 0.3 is 0 Å². The molecule has 5 heteroatoms. The summed E-state index contributed by atoms with van der Waals surface area (Å²) in [5.41, 5.74) is 7.97. The number of carbonyl (C=O) groups is 1. The first kappa shape index (κ1) is 18.6. The van der Waals surface area contributed by atoms with E-state index in [1.165, 1.54) is 5.56 Å². The first-order valence-electron chi connectivity index (χ1n) is 9.16. The molecule has 1 heterocycles. The van der Waals surface area contributed by atoms with Gasteiger partial charge in [-0.15, -0.1) is 0 Å². The van der Waals surface area contributed by atoms with E-state index in [2.05, 4.69) is 27.7 Å². The van der Waals surface area contributed by atoms with Gasteiger partial charge in [0.2, 0.25) is 5.91 Å². The summed E-state index contributed by atoms with van der Waals surface area (Å²) < 4.78 is 0. The van der Waals surface area contributed by atoms with Crippen LogP contribution in [0.1, 0.15) is 43.2 Å². The average molecular weight is 330 g/mol. The fraction of sp³-hybridized carbons (Fsp3) is 0.632. The Hall–Kier alpha value is -1.75. The van der Waals surface area contributed by atoms with Crippen molar-refractivity contribution >= 4 is 5.91 Å². The van der Waals surface area contributed by atoms with Crippen molar-refractivity contribution in [2.24, 2.45) is 21.9 Å². The van der Waals surface area contributed by atoms with Crippen LogP contribution in [0.25, 0.3) is 0 Å². The van der Waals surface area contributed by atoms with E-state index >= 15 is 0 Å². The average Bonchev–Trinajstić information content (AvgIpc) is 3.10. The first-order valence-corrected chi connectivity index (χ1v) is 9.16. The maximum absolute atomic E-state index is 12.2. The predicted octanol–water partition coefficient (Wildman–Crippen LogP) is 2.88. The highest BCUT2D eigenvalue weighted by Gasteiger charge is 2.12. The third kappa shape index (κ3) is 6.79. The van der Waals surface area contributed by atoms with Gasteiger partial charge in [-0.1, -0.05) is 30.7 Å².